The van der Waals surface area contributed by atoms with Crippen LogP contribution in [0.15, 0.2) is 215 Å². The van der Waals surface area contributed by atoms with E-state index in [1.165, 1.54) is 10.9 Å². The number of aromatic nitrogens is 2. The molecule has 0 amide bonds. The van der Waals surface area contributed by atoms with Gasteiger partial charge in [0, 0.05) is 43.2 Å². The number of rotatable bonds is 2. The highest BCUT2D eigenvalue weighted by Gasteiger charge is 2.51. The van der Waals surface area contributed by atoms with Gasteiger partial charge < -0.3 is 27.4 Å². The Labute approximate surface area is 422 Å². The van der Waals surface area contributed by atoms with Gasteiger partial charge in [-0.15, -0.1) is 0 Å². The minimum absolute atomic E-state index is 0.224. The van der Waals surface area contributed by atoms with Crippen molar-refractivity contribution in [2.75, 3.05) is 0 Å². The van der Waals surface area contributed by atoms with Crippen LogP contribution in [-0.4, -0.2) is 22.6 Å². The lowest BCUT2D eigenvalue weighted by Crippen LogP contribution is -2.63. The molecule has 15 aromatic rings. The fraction of sp³-hybridized carbons (Fsp3) is 0. The summed E-state index contributed by atoms with van der Waals surface area (Å²) in [7, 11) is 0. The molecule has 4 aromatic heterocycles. The zero-order valence-corrected chi connectivity index (χ0v) is 39.3. The molecular weight excluding hydrogens is 906 g/mol. The van der Waals surface area contributed by atoms with E-state index in [0.29, 0.717) is 0 Å². The van der Waals surface area contributed by atoms with E-state index in [2.05, 4.69) is 215 Å². The second kappa shape index (κ2) is 13.2. The van der Waals surface area contributed by atoms with Crippen LogP contribution in [0.1, 0.15) is 0 Å². The molecule has 0 bridgehead atoms. The molecule has 19 rings (SSSR count). The maximum atomic E-state index is 7.66. The molecule has 4 aliphatic heterocycles. The lowest BCUT2D eigenvalue weighted by Gasteiger charge is -2.41. The molecule has 0 atom stereocenters. The van der Waals surface area contributed by atoms with Crippen LogP contribution in [0.5, 0.6) is 23.0 Å². The van der Waals surface area contributed by atoms with Gasteiger partial charge in [-0.05, 0) is 92.6 Å². The van der Waals surface area contributed by atoms with Crippen LogP contribution in [-0.2, 0) is 0 Å². The molecule has 0 N–H and O–H groups in total. The third-order valence-corrected chi connectivity index (χ3v) is 17.0. The molecule has 8 heteroatoms. The third kappa shape index (κ3) is 4.50. The van der Waals surface area contributed by atoms with Crippen molar-refractivity contribution in [1.82, 2.24) is 9.13 Å². The Morgan fingerprint density at radius 2 is 0.743 bits per heavy atom. The van der Waals surface area contributed by atoms with Crippen LogP contribution < -0.4 is 42.3 Å². The standard InChI is InChI=1S/C66H34B2N2O4/c1-3-15-35(16-4-1)37-27-29-49-43(31-37)55-59-47(33-41-39-19-7-11-23-51(39)71-63(41)55)67-45-21-9-13-25-53(45)74-66-57(67)61(69(49)59)65-58-62(66)70-50-30-28-38(36-17-5-2-6-18-36)32-44(50)56-60(70)48(68(58)46-22-10-14-26-54(46)73-65)34-42-40-20-8-12-24-52(40)72-64(42)56/h1-34H. The zero-order chi connectivity index (χ0) is 47.7. The zero-order valence-electron chi connectivity index (χ0n) is 39.3. The highest BCUT2D eigenvalue weighted by atomic mass is 16.5. The Morgan fingerprint density at radius 1 is 0.324 bits per heavy atom. The quantitative estimate of drug-likeness (QED) is 0.162. The number of ether oxygens (including phenoxy) is 2. The van der Waals surface area contributed by atoms with E-state index >= 15 is 0 Å². The minimum Gasteiger partial charge on any atom is -0.456 e. The molecular formula is C66H34B2N2O4. The summed E-state index contributed by atoms with van der Waals surface area (Å²) in [6.07, 6.45) is 0. The first-order valence-electron chi connectivity index (χ1n) is 25.5. The third-order valence-electron chi connectivity index (χ3n) is 17.0. The molecule has 11 aromatic carbocycles. The number of hydrogen-bond donors (Lipinski definition) is 0. The summed E-state index contributed by atoms with van der Waals surface area (Å²) in [5.74, 6) is 3.38. The number of hydrogen-bond acceptors (Lipinski definition) is 4. The van der Waals surface area contributed by atoms with E-state index in [1.807, 2.05) is 0 Å². The molecule has 8 heterocycles. The van der Waals surface area contributed by atoms with E-state index in [4.69, 9.17) is 18.3 Å². The number of para-hydroxylation sites is 4. The summed E-state index contributed by atoms with van der Waals surface area (Å²) in [6.45, 7) is -0.448. The van der Waals surface area contributed by atoms with Crippen LogP contribution >= 0.6 is 0 Å². The summed E-state index contributed by atoms with van der Waals surface area (Å²) < 4.78 is 34.5. The Kier molecular flexibility index (Phi) is 6.82. The summed E-state index contributed by atoms with van der Waals surface area (Å²) in [5, 5.41) is 8.84. The van der Waals surface area contributed by atoms with Gasteiger partial charge in [0.25, 0.3) is 13.4 Å². The molecule has 0 saturated heterocycles. The average molecular weight is 941 g/mol. The highest BCUT2D eigenvalue weighted by molar-refractivity contribution is 7.02. The lowest BCUT2D eigenvalue weighted by atomic mass is 9.31. The Hall–Kier alpha value is -9.65. The molecule has 0 unspecified atom stereocenters. The molecule has 338 valence electrons. The molecule has 0 saturated carbocycles. The smallest absolute Gasteiger partial charge is 0.256 e. The molecule has 0 radical (unpaired) electrons. The normalized spacial score (nSPS) is 13.6. The topological polar surface area (TPSA) is 54.6 Å². The van der Waals surface area contributed by atoms with Crippen LogP contribution in [0.2, 0.25) is 0 Å². The van der Waals surface area contributed by atoms with E-state index in [-0.39, 0.29) is 13.4 Å². The van der Waals surface area contributed by atoms with Crippen LogP contribution in [0.25, 0.3) is 121 Å². The Bertz CT molecular complexity index is 4780. The molecule has 0 fully saturated rings. The van der Waals surface area contributed by atoms with Crippen molar-refractivity contribution in [3.8, 4) is 56.6 Å². The van der Waals surface area contributed by atoms with Gasteiger partial charge in [-0.2, -0.15) is 0 Å². The second-order valence-electron chi connectivity index (χ2n) is 20.5. The number of fused-ring (bicyclic) bond motifs is 24. The molecule has 0 spiro atoms. The molecule has 6 nitrogen and oxygen atoms in total. The minimum atomic E-state index is -0.224. The van der Waals surface area contributed by atoms with Crippen LogP contribution in [0.3, 0.4) is 0 Å². The predicted octanol–water partition coefficient (Wildman–Crippen LogP) is 12.9. The number of furan rings is 2. The lowest BCUT2D eigenvalue weighted by molar-refractivity contribution is 0.472. The molecule has 74 heavy (non-hydrogen) atoms. The maximum absolute atomic E-state index is 7.66. The summed E-state index contributed by atoms with van der Waals surface area (Å²) in [5.41, 5.74) is 21.4. The van der Waals surface area contributed by atoms with Crippen LogP contribution in [0, 0.1) is 0 Å². The predicted molar refractivity (Wildman–Crippen MR) is 303 cm³/mol. The van der Waals surface area contributed by atoms with Gasteiger partial charge in [0.15, 0.2) is 0 Å². The average Bonchev–Trinajstić information content (AvgIpc) is 4.33. The largest absolute Gasteiger partial charge is 0.456 e. The van der Waals surface area contributed by atoms with Gasteiger partial charge >= 0.3 is 0 Å². The van der Waals surface area contributed by atoms with Gasteiger partial charge in [-0.3, -0.25) is 0 Å². The van der Waals surface area contributed by atoms with Gasteiger partial charge in [0.05, 0.1) is 44.2 Å². The van der Waals surface area contributed by atoms with Gasteiger partial charge in [-0.25, -0.2) is 0 Å². The van der Waals surface area contributed by atoms with Crippen molar-refractivity contribution >= 4 is 134 Å². The van der Waals surface area contributed by atoms with Crippen LogP contribution in [0.4, 0.5) is 0 Å². The van der Waals surface area contributed by atoms with E-state index in [0.717, 1.165) is 166 Å². The highest BCUT2D eigenvalue weighted by Crippen LogP contribution is 2.51. The van der Waals surface area contributed by atoms with Gasteiger partial charge in [0.2, 0.25) is 0 Å². The van der Waals surface area contributed by atoms with Crippen molar-refractivity contribution in [3.63, 3.8) is 0 Å². The molecule has 0 aliphatic carbocycles. The first-order valence-corrected chi connectivity index (χ1v) is 25.5. The van der Waals surface area contributed by atoms with E-state index in [1.54, 1.807) is 0 Å². The van der Waals surface area contributed by atoms with Crippen molar-refractivity contribution in [1.29, 1.82) is 0 Å². The van der Waals surface area contributed by atoms with Crippen molar-refractivity contribution in [2.24, 2.45) is 0 Å². The fourth-order valence-corrected chi connectivity index (χ4v) is 14.1. The Balaban J connectivity index is 1.04. The molecule has 4 aliphatic rings. The van der Waals surface area contributed by atoms with E-state index < -0.39 is 0 Å². The summed E-state index contributed by atoms with van der Waals surface area (Å²) >= 11 is 0. The van der Waals surface area contributed by atoms with E-state index in [9.17, 15) is 0 Å². The van der Waals surface area contributed by atoms with Crippen molar-refractivity contribution in [3.05, 3.63) is 206 Å². The Morgan fingerprint density at radius 3 is 1.22 bits per heavy atom. The number of benzene rings is 11. The number of nitrogens with zero attached hydrogens (tertiary/aromatic N) is 2. The second-order valence-corrected chi connectivity index (χ2v) is 20.5. The first-order chi connectivity index (χ1) is 36.7. The summed E-state index contributed by atoms with van der Waals surface area (Å²) in [4.78, 5) is 0. The summed E-state index contributed by atoms with van der Waals surface area (Å²) in [6, 6.07) is 74.4. The monoisotopic (exact) mass is 940 g/mol. The first kappa shape index (κ1) is 38.1. The van der Waals surface area contributed by atoms with Gasteiger partial charge in [0.1, 0.15) is 45.3 Å². The van der Waals surface area contributed by atoms with Gasteiger partial charge in [-0.1, -0.05) is 158 Å². The maximum Gasteiger partial charge on any atom is 0.256 e. The van der Waals surface area contributed by atoms with Crippen molar-refractivity contribution in [2.45, 2.75) is 0 Å². The SMILES string of the molecule is c1ccc(-c2ccc3c(c2)c2c4oc5ccccc5c4cc4c2n3-c2c3c5c(c6c2B4c2ccccc2O6)-n2c4ccc(-c6ccccc6)cc4c4c6oc7ccccc7c6cc(c42)B5c2ccccc2O3)cc1. The fourth-order valence-electron chi connectivity index (χ4n) is 14.1. The van der Waals surface area contributed by atoms with Crippen molar-refractivity contribution < 1.29 is 18.3 Å².